The Hall–Kier alpha value is -2.73. The van der Waals surface area contributed by atoms with Crippen LogP contribution < -0.4 is 5.32 Å². The third kappa shape index (κ3) is 5.37. The number of rotatable bonds is 10. The fourth-order valence-electron chi connectivity index (χ4n) is 2.79. The summed E-state index contributed by atoms with van der Waals surface area (Å²) in [6.07, 6.45) is 8.84. The van der Waals surface area contributed by atoms with Crippen LogP contribution in [0.3, 0.4) is 0 Å². The van der Waals surface area contributed by atoms with Gasteiger partial charge in [0.2, 0.25) is 5.95 Å². The van der Waals surface area contributed by atoms with Gasteiger partial charge in [0, 0.05) is 26.8 Å². The summed E-state index contributed by atoms with van der Waals surface area (Å²) in [6, 6.07) is 10.4. The van der Waals surface area contributed by atoms with Gasteiger partial charge in [0.1, 0.15) is 0 Å². The minimum atomic E-state index is 0.626. The summed E-state index contributed by atoms with van der Waals surface area (Å²) in [7, 11) is 1.90. The Morgan fingerprint density at radius 3 is 2.81 bits per heavy atom. The molecule has 2 heterocycles. The molecule has 1 N–H and O–H groups in total. The average molecular weight is 365 g/mol. The lowest BCUT2D eigenvalue weighted by molar-refractivity contribution is 0.134. The number of benzene rings is 1. The first kappa shape index (κ1) is 19.0. The number of aromatic nitrogens is 4. The minimum absolute atomic E-state index is 0.626. The van der Waals surface area contributed by atoms with Crippen molar-refractivity contribution in [1.29, 1.82) is 0 Å². The van der Waals surface area contributed by atoms with E-state index in [-0.39, 0.29) is 0 Å². The van der Waals surface area contributed by atoms with Gasteiger partial charge < -0.3 is 10.1 Å². The van der Waals surface area contributed by atoms with Gasteiger partial charge in [0.05, 0.1) is 17.3 Å². The van der Waals surface area contributed by atoms with E-state index in [1.807, 2.05) is 25.4 Å². The number of hydrogen-bond donors (Lipinski definition) is 1. The van der Waals surface area contributed by atoms with Gasteiger partial charge in [-0.15, -0.1) is 0 Å². The molecule has 0 atom stereocenters. The predicted molar refractivity (Wildman–Crippen MR) is 110 cm³/mol. The second-order valence-corrected chi connectivity index (χ2v) is 6.42. The smallest absolute Gasteiger partial charge is 0.225 e. The predicted octanol–water partition coefficient (Wildman–Crippen LogP) is 3.85. The highest BCUT2D eigenvalue weighted by Gasteiger charge is 2.09. The Balaban J connectivity index is 1.69. The molecule has 1 aromatic carbocycles. The lowest BCUT2D eigenvalue weighted by Crippen LogP contribution is -2.09. The van der Waals surface area contributed by atoms with Gasteiger partial charge >= 0.3 is 0 Å². The summed E-state index contributed by atoms with van der Waals surface area (Å²) < 4.78 is 7.29. The van der Waals surface area contributed by atoms with Gasteiger partial charge in [-0.25, -0.2) is 4.98 Å². The molecule has 2 aromatic heterocycles. The zero-order chi connectivity index (χ0) is 18.9. The van der Waals surface area contributed by atoms with Crippen molar-refractivity contribution in [3.05, 3.63) is 53.9 Å². The second-order valence-electron chi connectivity index (χ2n) is 6.42. The van der Waals surface area contributed by atoms with E-state index in [9.17, 15) is 0 Å². The first-order chi connectivity index (χ1) is 13.3. The van der Waals surface area contributed by atoms with Crippen molar-refractivity contribution in [3.8, 4) is 0 Å². The molecule has 142 valence electrons. The van der Waals surface area contributed by atoms with Crippen molar-refractivity contribution in [2.24, 2.45) is 7.05 Å². The van der Waals surface area contributed by atoms with E-state index in [1.165, 1.54) is 5.56 Å². The molecule has 0 aliphatic carbocycles. The van der Waals surface area contributed by atoms with Crippen LogP contribution >= 0.6 is 0 Å². The second kappa shape index (κ2) is 9.83. The van der Waals surface area contributed by atoms with Gasteiger partial charge in [0.15, 0.2) is 5.65 Å². The molecule has 0 aliphatic rings. The van der Waals surface area contributed by atoms with Gasteiger partial charge in [-0.05, 0) is 30.9 Å². The fourth-order valence-corrected chi connectivity index (χ4v) is 2.79. The van der Waals surface area contributed by atoms with Crippen molar-refractivity contribution in [1.82, 2.24) is 19.7 Å². The maximum atomic E-state index is 5.51. The molecule has 0 spiro atoms. The van der Waals surface area contributed by atoms with Crippen molar-refractivity contribution < 1.29 is 4.74 Å². The highest BCUT2D eigenvalue weighted by atomic mass is 16.5. The molecule has 0 aliphatic heterocycles. The average Bonchev–Trinajstić information content (AvgIpc) is 3.06. The van der Waals surface area contributed by atoms with Gasteiger partial charge in [0.25, 0.3) is 0 Å². The molecule has 6 heteroatoms. The largest absolute Gasteiger partial charge is 0.381 e. The molecule has 0 radical (unpaired) electrons. The van der Waals surface area contributed by atoms with Crippen LogP contribution in [0.2, 0.25) is 0 Å². The maximum absolute atomic E-state index is 5.51. The van der Waals surface area contributed by atoms with Crippen LogP contribution in [-0.2, 0) is 18.2 Å². The summed E-state index contributed by atoms with van der Waals surface area (Å²) in [5.41, 5.74) is 2.98. The number of allylic oxidation sites excluding steroid dienone is 1. The van der Waals surface area contributed by atoms with E-state index in [0.717, 1.165) is 55.7 Å². The summed E-state index contributed by atoms with van der Waals surface area (Å²) >= 11 is 0. The number of hydrogen-bond acceptors (Lipinski definition) is 5. The zero-order valence-electron chi connectivity index (χ0n) is 16.1. The normalized spacial score (nSPS) is 11.5. The van der Waals surface area contributed by atoms with Gasteiger partial charge in [-0.1, -0.05) is 43.3 Å². The first-order valence-corrected chi connectivity index (χ1v) is 9.49. The molecule has 0 amide bonds. The third-order valence-electron chi connectivity index (χ3n) is 4.19. The highest BCUT2D eigenvalue weighted by molar-refractivity contribution is 5.84. The quantitative estimate of drug-likeness (QED) is 0.553. The molecule has 0 unspecified atom stereocenters. The third-order valence-corrected chi connectivity index (χ3v) is 4.19. The van der Waals surface area contributed by atoms with Crippen molar-refractivity contribution in [2.75, 3.05) is 25.1 Å². The lowest BCUT2D eigenvalue weighted by Gasteiger charge is -2.07. The molecule has 27 heavy (non-hydrogen) atoms. The standard InChI is InChI=1S/C21H27N5O/c1-3-14-27-15-8-13-22-21-24-19(18-16-23-26(2)20(18)25-21)12-7-11-17-9-5-4-6-10-17/h4-7,9-10,12,16H,3,8,11,13-15H2,1-2H3,(H,22,24,25)/b12-7-. The number of fused-ring (bicyclic) bond motifs is 1. The van der Waals surface area contributed by atoms with Crippen LogP contribution in [0.5, 0.6) is 0 Å². The zero-order valence-corrected chi connectivity index (χ0v) is 16.1. The summed E-state index contributed by atoms with van der Waals surface area (Å²) in [6.45, 7) is 4.45. The first-order valence-electron chi connectivity index (χ1n) is 9.49. The maximum Gasteiger partial charge on any atom is 0.225 e. The Morgan fingerprint density at radius 1 is 1.15 bits per heavy atom. The summed E-state index contributed by atoms with van der Waals surface area (Å²) in [5, 5.41) is 8.59. The van der Waals surface area contributed by atoms with Crippen LogP contribution in [0.4, 0.5) is 5.95 Å². The van der Waals surface area contributed by atoms with Crippen molar-refractivity contribution >= 4 is 23.1 Å². The van der Waals surface area contributed by atoms with Gasteiger partial charge in [-0.3, -0.25) is 4.68 Å². The van der Waals surface area contributed by atoms with Crippen LogP contribution in [0.25, 0.3) is 17.1 Å². The van der Waals surface area contributed by atoms with Crippen LogP contribution in [0.1, 0.15) is 31.0 Å². The molecule has 0 saturated heterocycles. The van der Waals surface area contributed by atoms with E-state index in [1.54, 1.807) is 4.68 Å². The number of aryl methyl sites for hydroxylation is 1. The number of anilines is 1. The molecule has 0 saturated carbocycles. The lowest BCUT2D eigenvalue weighted by atomic mass is 10.1. The van der Waals surface area contributed by atoms with E-state index in [2.05, 4.69) is 57.6 Å². The SMILES string of the molecule is CCCOCCCNc1nc(/C=C\Cc2ccccc2)c2cnn(C)c2n1. The monoisotopic (exact) mass is 365 g/mol. The Kier molecular flexibility index (Phi) is 6.93. The summed E-state index contributed by atoms with van der Waals surface area (Å²) in [4.78, 5) is 9.28. The molecular weight excluding hydrogens is 338 g/mol. The fraction of sp³-hybridized carbons (Fsp3) is 0.381. The minimum Gasteiger partial charge on any atom is -0.381 e. The van der Waals surface area contributed by atoms with Crippen molar-refractivity contribution in [3.63, 3.8) is 0 Å². The van der Waals surface area contributed by atoms with Gasteiger partial charge in [-0.2, -0.15) is 10.1 Å². The Morgan fingerprint density at radius 2 is 2.00 bits per heavy atom. The Labute approximate surface area is 160 Å². The molecular formula is C21H27N5O. The number of nitrogens with one attached hydrogen (secondary N) is 1. The highest BCUT2D eigenvalue weighted by Crippen LogP contribution is 2.18. The van der Waals surface area contributed by atoms with E-state index in [0.29, 0.717) is 5.95 Å². The van der Waals surface area contributed by atoms with Crippen LogP contribution in [-0.4, -0.2) is 39.5 Å². The number of ether oxygens (including phenoxy) is 1. The number of nitrogens with zero attached hydrogens (tertiary/aromatic N) is 4. The summed E-state index contributed by atoms with van der Waals surface area (Å²) in [5.74, 6) is 0.626. The molecule has 0 bridgehead atoms. The molecule has 0 fully saturated rings. The van der Waals surface area contributed by atoms with Crippen LogP contribution in [0.15, 0.2) is 42.6 Å². The topological polar surface area (TPSA) is 64.9 Å². The molecule has 3 rings (SSSR count). The molecule has 3 aromatic rings. The molecule has 6 nitrogen and oxygen atoms in total. The van der Waals surface area contributed by atoms with E-state index < -0.39 is 0 Å². The Bertz CT molecular complexity index is 873. The van der Waals surface area contributed by atoms with Crippen molar-refractivity contribution in [2.45, 2.75) is 26.2 Å². The van der Waals surface area contributed by atoms with E-state index >= 15 is 0 Å². The van der Waals surface area contributed by atoms with Crippen LogP contribution in [0, 0.1) is 0 Å². The van der Waals surface area contributed by atoms with E-state index in [4.69, 9.17) is 4.74 Å².